The van der Waals surface area contributed by atoms with Crippen LogP contribution in [0.25, 0.3) is 0 Å². The Bertz CT molecular complexity index is 596. The van der Waals surface area contributed by atoms with Crippen molar-refractivity contribution in [2.24, 2.45) is 5.41 Å². The molecular weight excluding hydrogens is 352 g/mol. The minimum absolute atomic E-state index is 0.106. The van der Waals surface area contributed by atoms with E-state index in [0.717, 1.165) is 0 Å². The third-order valence-corrected chi connectivity index (χ3v) is 4.24. The SMILES string of the molecule is CCCC(Cc1cc(OC)c(OC)c(OC)c1)(C(=O)OCC)C(=O)OCC. The molecule has 1 aromatic rings. The van der Waals surface area contributed by atoms with Gasteiger partial charge in [-0.05, 0) is 44.4 Å². The van der Waals surface area contributed by atoms with Crippen LogP contribution in [-0.2, 0) is 25.5 Å². The fourth-order valence-electron chi connectivity index (χ4n) is 3.07. The van der Waals surface area contributed by atoms with Gasteiger partial charge in [0.25, 0.3) is 0 Å². The van der Waals surface area contributed by atoms with Gasteiger partial charge in [0.2, 0.25) is 5.75 Å². The number of hydrogen-bond acceptors (Lipinski definition) is 7. The summed E-state index contributed by atoms with van der Waals surface area (Å²) >= 11 is 0. The molecule has 0 aliphatic carbocycles. The third kappa shape index (κ3) is 5.05. The molecule has 152 valence electrons. The van der Waals surface area contributed by atoms with Crippen LogP contribution in [0.3, 0.4) is 0 Å². The zero-order chi connectivity index (χ0) is 20.4. The molecule has 0 unspecified atom stereocenters. The van der Waals surface area contributed by atoms with Crippen molar-refractivity contribution in [1.82, 2.24) is 0 Å². The predicted molar refractivity (Wildman–Crippen MR) is 100 cm³/mol. The van der Waals surface area contributed by atoms with Crippen LogP contribution in [0, 0.1) is 5.41 Å². The van der Waals surface area contributed by atoms with E-state index in [2.05, 4.69) is 0 Å². The van der Waals surface area contributed by atoms with Gasteiger partial charge in [0.15, 0.2) is 16.9 Å². The second kappa shape index (κ2) is 10.6. The lowest BCUT2D eigenvalue weighted by Gasteiger charge is -2.29. The van der Waals surface area contributed by atoms with Gasteiger partial charge in [0.05, 0.1) is 34.5 Å². The smallest absolute Gasteiger partial charge is 0.323 e. The molecule has 0 aliphatic rings. The van der Waals surface area contributed by atoms with E-state index in [1.165, 1.54) is 21.3 Å². The Balaban J connectivity index is 3.47. The molecule has 27 heavy (non-hydrogen) atoms. The fourth-order valence-corrected chi connectivity index (χ4v) is 3.07. The summed E-state index contributed by atoms with van der Waals surface area (Å²) in [5, 5.41) is 0. The summed E-state index contributed by atoms with van der Waals surface area (Å²) in [6.45, 7) is 5.68. The Hall–Kier alpha value is -2.44. The Morgan fingerprint density at radius 2 is 1.33 bits per heavy atom. The summed E-state index contributed by atoms with van der Waals surface area (Å²) in [6.07, 6.45) is 1.03. The van der Waals surface area contributed by atoms with E-state index in [4.69, 9.17) is 23.7 Å². The van der Waals surface area contributed by atoms with Crippen molar-refractivity contribution < 1.29 is 33.3 Å². The molecule has 0 saturated carbocycles. The van der Waals surface area contributed by atoms with Gasteiger partial charge in [-0.1, -0.05) is 13.3 Å². The summed E-state index contributed by atoms with van der Waals surface area (Å²) < 4.78 is 26.5. The molecular formula is C20H30O7. The lowest BCUT2D eigenvalue weighted by molar-refractivity contribution is -0.172. The first kappa shape index (κ1) is 22.6. The maximum absolute atomic E-state index is 12.8. The van der Waals surface area contributed by atoms with Crippen LogP contribution >= 0.6 is 0 Å². The van der Waals surface area contributed by atoms with E-state index in [1.54, 1.807) is 26.0 Å². The zero-order valence-electron chi connectivity index (χ0n) is 17.0. The molecule has 7 heteroatoms. The highest BCUT2D eigenvalue weighted by atomic mass is 16.6. The van der Waals surface area contributed by atoms with Crippen molar-refractivity contribution >= 4 is 11.9 Å². The number of methoxy groups -OCH3 is 3. The molecule has 0 bridgehead atoms. The van der Waals surface area contributed by atoms with Crippen molar-refractivity contribution in [2.75, 3.05) is 34.5 Å². The van der Waals surface area contributed by atoms with E-state index in [1.807, 2.05) is 6.92 Å². The van der Waals surface area contributed by atoms with Gasteiger partial charge in [0.1, 0.15) is 0 Å². The van der Waals surface area contributed by atoms with Crippen LogP contribution in [0.15, 0.2) is 12.1 Å². The van der Waals surface area contributed by atoms with Gasteiger partial charge in [-0.3, -0.25) is 9.59 Å². The van der Waals surface area contributed by atoms with Crippen molar-refractivity contribution in [1.29, 1.82) is 0 Å². The van der Waals surface area contributed by atoms with Crippen molar-refractivity contribution in [3.63, 3.8) is 0 Å². The number of esters is 2. The minimum atomic E-state index is -1.43. The number of rotatable bonds is 11. The molecule has 0 amide bonds. The highest BCUT2D eigenvalue weighted by molar-refractivity contribution is 6.00. The van der Waals surface area contributed by atoms with Gasteiger partial charge in [0, 0.05) is 0 Å². The van der Waals surface area contributed by atoms with E-state index in [0.29, 0.717) is 35.7 Å². The fraction of sp³-hybridized carbons (Fsp3) is 0.600. The molecule has 0 heterocycles. The molecule has 0 fully saturated rings. The number of carbonyl (C=O) groups is 2. The lowest BCUT2D eigenvalue weighted by Crippen LogP contribution is -2.44. The maximum atomic E-state index is 12.8. The summed E-state index contributed by atoms with van der Waals surface area (Å²) in [7, 11) is 4.53. The normalized spacial score (nSPS) is 10.9. The Morgan fingerprint density at radius 1 is 0.852 bits per heavy atom. The molecule has 0 aliphatic heterocycles. The predicted octanol–water partition coefficient (Wildman–Crippen LogP) is 3.17. The first-order valence-corrected chi connectivity index (χ1v) is 9.07. The second-order valence-electron chi connectivity index (χ2n) is 5.98. The summed E-state index contributed by atoms with van der Waals surface area (Å²) in [5.41, 5.74) is -0.746. The second-order valence-corrected chi connectivity index (χ2v) is 5.98. The lowest BCUT2D eigenvalue weighted by atomic mass is 9.77. The van der Waals surface area contributed by atoms with Crippen LogP contribution in [0.1, 0.15) is 39.2 Å². The molecule has 7 nitrogen and oxygen atoms in total. The van der Waals surface area contributed by atoms with Crippen molar-refractivity contribution in [2.45, 2.75) is 40.0 Å². The van der Waals surface area contributed by atoms with E-state index in [9.17, 15) is 9.59 Å². The first-order chi connectivity index (χ1) is 12.9. The largest absolute Gasteiger partial charge is 0.493 e. The maximum Gasteiger partial charge on any atom is 0.323 e. The van der Waals surface area contributed by atoms with Gasteiger partial charge in [-0.15, -0.1) is 0 Å². The van der Waals surface area contributed by atoms with Crippen LogP contribution < -0.4 is 14.2 Å². The standard InChI is InChI=1S/C20H30O7/c1-7-10-20(18(21)26-8-2,19(22)27-9-3)13-14-11-15(23-4)17(25-6)16(12-14)24-5/h11-12H,7-10,13H2,1-6H3. The molecule has 1 rings (SSSR count). The zero-order valence-corrected chi connectivity index (χ0v) is 17.0. The summed E-state index contributed by atoms with van der Waals surface area (Å²) in [5.74, 6) is 0.171. The van der Waals surface area contributed by atoms with Gasteiger partial charge >= 0.3 is 11.9 Å². The average molecular weight is 382 g/mol. The minimum Gasteiger partial charge on any atom is -0.493 e. The van der Waals surface area contributed by atoms with E-state index in [-0.39, 0.29) is 19.6 Å². The van der Waals surface area contributed by atoms with Crippen molar-refractivity contribution in [3.8, 4) is 17.2 Å². The number of carbonyl (C=O) groups excluding carboxylic acids is 2. The summed E-state index contributed by atoms with van der Waals surface area (Å²) in [6, 6.07) is 3.45. The van der Waals surface area contributed by atoms with E-state index < -0.39 is 17.4 Å². The number of benzene rings is 1. The van der Waals surface area contributed by atoms with Gasteiger partial charge in [-0.25, -0.2) is 0 Å². The highest BCUT2D eigenvalue weighted by Crippen LogP contribution is 2.41. The first-order valence-electron chi connectivity index (χ1n) is 9.07. The average Bonchev–Trinajstić information content (AvgIpc) is 2.66. The van der Waals surface area contributed by atoms with Crippen LogP contribution in [0.2, 0.25) is 0 Å². The van der Waals surface area contributed by atoms with Crippen molar-refractivity contribution in [3.05, 3.63) is 17.7 Å². The third-order valence-electron chi connectivity index (χ3n) is 4.24. The number of ether oxygens (including phenoxy) is 5. The highest BCUT2D eigenvalue weighted by Gasteiger charge is 2.48. The molecule has 0 spiro atoms. The monoisotopic (exact) mass is 382 g/mol. The molecule has 1 aromatic carbocycles. The van der Waals surface area contributed by atoms with E-state index >= 15 is 0 Å². The molecule has 0 radical (unpaired) electrons. The Kier molecular flexibility index (Phi) is 8.91. The summed E-state index contributed by atoms with van der Waals surface area (Å²) in [4.78, 5) is 25.6. The topological polar surface area (TPSA) is 80.3 Å². The van der Waals surface area contributed by atoms with Gasteiger partial charge < -0.3 is 23.7 Å². The Morgan fingerprint density at radius 3 is 1.67 bits per heavy atom. The van der Waals surface area contributed by atoms with Crippen LogP contribution in [0.5, 0.6) is 17.2 Å². The van der Waals surface area contributed by atoms with Gasteiger partial charge in [-0.2, -0.15) is 0 Å². The molecule has 0 saturated heterocycles. The van der Waals surface area contributed by atoms with Crippen LogP contribution in [-0.4, -0.2) is 46.5 Å². The molecule has 0 aromatic heterocycles. The Labute approximate surface area is 160 Å². The van der Waals surface area contributed by atoms with Crippen LogP contribution in [0.4, 0.5) is 0 Å². The molecule has 0 N–H and O–H groups in total. The number of hydrogen-bond donors (Lipinski definition) is 0. The molecule has 0 atom stereocenters. The quantitative estimate of drug-likeness (QED) is 0.429.